The van der Waals surface area contributed by atoms with Gasteiger partial charge in [-0.1, -0.05) is 32.3 Å². The molecule has 1 unspecified atom stereocenters. The van der Waals surface area contributed by atoms with Gasteiger partial charge < -0.3 is 9.94 Å². The van der Waals surface area contributed by atoms with Gasteiger partial charge in [-0.15, -0.1) is 0 Å². The number of nitrogens with zero attached hydrogens (tertiary/aromatic N) is 1. The second-order valence-corrected chi connectivity index (χ2v) is 5.88. The lowest BCUT2D eigenvalue weighted by Crippen LogP contribution is -2.40. The Morgan fingerprint density at radius 3 is 2.67 bits per heavy atom. The van der Waals surface area contributed by atoms with Crippen LogP contribution in [0.5, 0.6) is 0 Å². The maximum atomic E-state index is 11.9. The van der Waals surface area contributed by atoms with Gasteiger partial charge in [-0.3, -0.25) is 4.79 Å². The van der Waals surface area contributed by atoms with E-state index in [2.05, 4.69) is 19.0 Å². The zero-order valence-electron chi connectivity index (χ0n) is 11.4. The molecule has 1 heterocycles. The van der Waals surface area contributed by atoms with E-state index < -0.39 is 6.10 Å². The molecule has 1 saturated carbocycles. The second-order valence-electron chi connectivity index (χ2n) is 5.88. The molecule has 1 aliphatic heterocycles. The van der Waals surface area contributed by atoms with E-state index >= 15 is 0 Å². The van der Waals surface area contributed by atoms with Crippen LogP contribution in [0.2, 0.25) is 0 Å². The third-order valence-corrected chi connectivity index (χ3v) is 4.18. The quantitative estimate of drug-likeness (QED) is 0.838. The number of aliphatic hydroxyl groups excluding tert-OH is 1. The number of carbonyl (C=O) groups excluding carboxylic acids is 1. The van der Waals surface area contributed by atoms with Crippen molar-refractivity contribution < 1.29 is 14.7 Å². The van der Waals surface area contributed by atoms with E-state index in [4.69, 9.17) is 4.84 Å². The number of hydrogen-bond donors (Lipinski definition) is 1. The lowest BCUT2D eigenvalue weighted by molar-refractivity contribution is -0.126. The molecule has 0 aromatic rings. The average Bonchev–Trinajstić information content (AvgIpc) is 2.71. The van der Waals surface area contributed by atoms with Crippen LogP contribution in [-0.2, 0) is 9.63 Å². The van der Waals surface area contributed by atoms with Crippen molar-refractivity contribution >= 4 is 11.5 Å². The van der Waals surface area contributed by atoms with Crippen LogP contribution in [0.3, 0.4) is 0 Å². The maximum absolute atomic E-state index is 11.9. The summed E-state index contributed by atoms with van der Waals surface area (Å²) < 4.78 is 0. The van der Waals surface area contributed by atoms with Gasteiger partial charge in [0.2, 0.25) is 0 Å². The van der Waals surface area contributed by atoms with Gasteiger partial charge in [0.05, 0.1) is 5.71 Å². The van der Waals surface area contributed by atoms with Gasteiger partial charge in [-0.2, -0.15) is 0 Å². The van der Waals surface area contributed by atoms with Crippen molar-refractivity contribution in [1.82, 2.24) is 0 Å². The van der Waals surface area contributed by atoms with Crippen molar-refractivity contribution in [2.45, 2.75) is 58.7 Å². The molecule has 0 radical (unpaired) electrons. The Bertz CT molecular complexity index is 351. The van der Waals surface area contributed by atoms with Crippen LogP contribution in [0.4, 0.5) is 0 Å². The summed E-state index contributed by atoms with van der Waals surface area (Å²) in [5.41, 5.74) is 0.661. The van der Waals surface area contributed by atoms with E-state index in [0.717, 1.165) is 19.3 Å². The van der Waals surface area contributed by atoms with E-state index in [1.165, 1.54) is 0 Å². The highest BCUT2D eigenvalue weighted by Crippen LogP contribution is 2.31. The normalized spacial score (nSPS) is 34.4. The Labute approximate surface area is 108 Å². The molecule has 18 heavy (non-hydrogen) atoms. The fourth-order valence-electron chi connectivity index (χ4n) is 3.04. The minimum absolute atomic E-state index is 0.0216. The number of carbonyl (C=O) groups is 1. The SMILES string of the molecule is CC(C)[C@@H]1ON=C([C@@H](O)C2CCCCC2=O)[C@@H]1C. The zero-order chi connectivity index (χ0) is 13.3. The van der Waals surface area contributed by atoms with E-state index in [1.54, 1.807) is 0 Å². The average molecular weight is 253 g/mol. The topological polar surface area (TPSA) is 58.9 Å². The van der Waals surface area contributed by atoms with Crippen molar-refractivity contribution in [3.05, 3.63) is 0 Å². The third-order valence-electron chi connectivity index (χ3n) is 4.18. The van der Waals surface area contributed by atoms with Crippen molar-refractivity contribution in [2.24, 2.45) is 22.9 Å². The zero-order valence-corrected chi connectivity index (χ0v) is 11.4. The fraction of sp³-hybridized carbons (Fsp3) is 0.857. The van der Waals surface area contributed by atoms with Gasteiger partial charge in [0.25, 0.3) is 0 Å². The van der Waals surface area contributed by atoms with Crippen LogP contribution in [0.15, 0.2) is 5.16 Å². The molecule has 1 fully saturated rings. The largest absolute Gasteiger partial charge is 0.391 e. The molecule has 1 aliphatic carbocycles. The summed E-state index contributed by atoms with van der Waals surface area (Å²) in [6.07, 6.45) is 2.61. The van der Waals surface area contributed by atoms with E-state index in [0.29, 0.717) is 18.1 Å². The molecule has 0 aromatic carbocycles. The molecule has 4 nitrogen and oxygen atoms in total. The van der Waals surface area contributed by atoms with Crippen LogP contribution in [0, 0.1) is 17.8 Å². The summed E-state index contributed by atoms with van der Waals surface area (Å²) in [4.78, 5) is 17.3. The Hall–Kier alpha value is -0.900. The molecular weight excluding hydrogens is 230 g/mol. The van der Waals surface area contributed by atoms with Gasteiger partial charge in [-0.25, -0.2) is 0 Å². The van der Waals surface area contributed by atoms with Crippen molar-refractivity contribution in [3.63, 3.8) is 0 Å². The molecule has 0 aromatic heterocycles. The van der Waals surface area contributed by atoms with Crippen LogP contribution in [0.1, 0.15) is 46.5 Å². The molecule has 0 spiro atoms. The fourth-order valence-corrected chi connectivity index (χ4v) is 3.04. The summed E-state index contributed by atoms with van der Waals surface area (Å²) in [5.74, 6) is 0.358. The van der Waals surface area contributed by atoms with Crippen LogP contribution in [-0.4, -0.2) is 28.8 Å². The summed E-state index contributed by atoms with van der Waals surface area (Å²) in [5, 5.41) is 14.4. The minimum Gasteiger partial charge on any atom is -0.391 e. The highest BCUT2D eigenvalue weighted by Gasteiger charge is 2.41. The highest BCUT2D eigenvalue weighted by molar-refractivity contribution is 5.96. The Morgan fingerprint density at radius 2 is 2.11 bits per heavy atom. The first kappa shape index (κ1) is 13.5. The first-order valence-electron chi connectivity index (χ1n) is 6.96. The molecule has 2 rings (SSSR count). The van der Waals surface area contributed by atoms with Crippen molar-refractivity contribution in [3.8, 4) is 0 Å². The second kappa shape index (κ2) is 5.39. The number of Topliss-reactive ketones (excluding diaryl/α,β-unsaturated/α-hetero) is 1. The van der Waals surface area contributed by atoms with Gasteiger partial charge in [0, 0.05) is 18.3 Å². The van der Waals surface area contributed by atoms with Crippen molar-refractivity contribution in [2.75, 3.05) is 0 Å². The predicted octanol–water partition coefficient (Wildman–Crippen LogP) is 2.15. The summed E-state index contributed by atoms with van der Waals surface area (Å²) in [6.45, 7) is 6.18. The number of aliphatic hydroxyl groups is 1. The standard InChI is InChI=1S/C14H23NO3/c1-8(2)14-9(3)12(15-18-14)13(17)10-6-4-5-7-11(10)16/h8-10,13-14,17H,4-7H2,1-3H3/t9-,10?,13-,14-/m0/s1. The minimum atomic E-state index is -0.753. The first-order valence-corrected chi connectivity index (χ1v) is 6.96. The van der Waals surface area contributed by atoms with Gasteiger partial charge in [0.1, 0.15) is 18.0 Å². The molecule has 1 N–H and O–H groups in total. The maximum Gasteiger partial charge on any atom is 0.138 e. The Morgan fingerprint density at radius 1 is 1.39 bits per heavy atom. The lowest BCUT2D eigenvalue weighted by Gasteiger charge is -2.27. The smallest absolute Gasteiger partial charge is 0.138 e. The van der Waals surface area contributed by atoms with Gasteiger partial charge >= 0.3 is 0 Å². The Kier molecular flexibility index (Phi) is 4.05. The molecule has 4 atom stereocenters. The number of rotatable bonds is 3. The van der Waals surface area contributed by atoms with E-state index in [9.17, 15) is 9.90 Å². The van der Waals surface area contributed by atoms with Crippen molar-refractivity contribution in [1.29, 1.82) is 0 Å². The molecular formula is C14H23NO3. The molecule has 4 heteroatoms. The predicted molar refractivity (Wildman–Crippen MR) is 69.3 cm³/mol. The van der Waals surface area contributed by atoms with Gasteiger partial charge in [0.15, 0.2) is 0 Å². The first-order chi connectivity index (χ1) is 8.52. The molecule has 0 bridgehead atoms. The molecule has 0 amide bonds. The summed E-state index contributed by atoms with van der Waals surface area (Å²) >= 11 is 0. The molecule has 102 valence electrons. The molecule has 0 saturated heterocycles. The van der Waals surface area contributed by atoms with E-state index in [-0.39, 0.29) is 23.7 Å². The Balaban J connectivity index is 2.05. The highest BCUT2D eigenvalue weighted by atomic mass is 16.6. The van der Waals surface area contributed by atoms with Crippen LogP contribution >= 0.6 is 0 Å². The molecule has 2 aliphatic rings. The lowest BCUT2D eigenvalue weighted by atomic mass is 9.79. The van der Waals surface area contributed by atoms with Crippen LogP contribution < -0.4 is 0 Å². The van der Waals surface area contributed by atoms with Gasteiger partial charge in [-0.05, 0) is 18.8 Å². The summed E-state index contributed by atoms with van der Waals surface area (Å²) in [7, 11) is 0. The number of ketones is 1. The number of hydrogen-bond acceptors (Lipinski definition) is 4. The van der Waals surface area contributed by atoms with E-state index in [1.807, 2.05) is 6.92 Å². The monoisotopic (exact) mass is 253 g/mol. The summed E-state index contributed by atoms with van der Waals surface area (Å²) in [6, 6.07) is 0. The number of oxime groups is 1. The van der Waals surface area contributed by atoms with Crippen LogP contribution in [0.25, 0.3) is 0 Å². The third kappa shape index (κ3) is 2.44.